The van der Waals surface area contributed by atoms with Crippen LogP contribution in [0.25, 0.3) is 0 Å². The molecule has 0 saturated carbocycles. The average molecular weight is 261 g/mol. The van der Waals surface area contributed by atoms with E-state index in [9.17, 15) is 18.0 Å². The molecule has 0 heterocycles. The Morgan fingerprint density at radius 1 is 1.33 bits per heavy atom. The van der Waals surface area contributed by atoms with Gasteiger partial charge >= 0.3 is 12.1 Å². The van der Waals surface area contributed by atoms with Crippen LogP contribution in [0.15, 0.2) is 24.3 Å². The van der Waals surface area contributed by atoms with Gasteiger partial charge in [0.1, 0.15) is 0 Å². The van der Waals surface area contributed by atoms with Crippen molar-refractivity contribution in [2.24, 2.45) is 0 Å². The third-order valence-electron chi connectivity index (χ3n) is 2.46. The van der Waals surface area contributed by atoms with Crippen LogP contribution in [-0.4, -0.2) is 42.3 Å². The summed E-state index contributed by atoms with van der Waals surface area (Å²) in [6, 6.07) is 6.32. The Balaban J connectivity index is 2.61. The number of hydrogen-bond acceptors (Lipinski definition) is 2. The highest BCUT2D eigenvalue weighted by atomic mass is 19.4. The van der Waals surface area contributed by atoms with E-state index in [2.05, 4.69) is 0 Å². The Kier molecular flexibility index (Phi) is 4.72. The zero-order chi connectivity index (χ0) is 13.8. The van der Waals surface area contributed by atoms with Crippen molar-refractivity contribution >= 4 is 5.97 Å². The molecule has 3 nitrogen and oxygen atoms in total. The van der Waals surface area contributed by atoms with Gasteiger partial charge in [-0.2, -0.15) is 13.2 Å². The zero-order valence-electron chi connectivity index (χ0n) is 9.87. The van der Waals surface area contributed by atoms with Crippen LogP contribution in [0, 0.1) is 0 Å². The molecule has 0 bridgehead atoms. The molecular weight excluding hydrogens is 247 g/mol. The average Bonchev–Trinajstić information content (AvgIpc) is 2.24. The molecule has 1 N–H and O–H groups in total. The number of benzene rings is 1. The maximum absolute atomic E-state index is 12.1. The molecule has 0 aliphatic rings. The molecule has 1 aromatic carbocycles. The second-order valence-electron chi connectivity index (χ2n) is 4.07. The third-order valence-corrected chi connectivity index (χ3v) is 2.46. The fourth-order valence-electron chi connectivity index (χ4n) is 1.64. The van der Waals surface area contributed by atoms with Crippen molar-refractivity contribution in [3.05, 3.63) is 35.4 Å². The number of rotatable bonds is 5. The first-order valence-electron chi connectivity index (χ1n) is 5.36. The number of alkyl halides is 3. The number of aromatic carboxylic acids is 1. The van der Waals surface area contributed by atoms with Crippen molar-refractivity contribution in [1.82, 2.24) is 4.90 Å². The van der Waals surface area contributed by atoms with Gasteiger partial charge < -0.3 is 5.11 Å². The SMILES string of the molecule is CN(CCc1ccccc1C(=O)O)CC(F)(F)F. The quantitative estimate of drug-likeness (QED) is 0.885. The van der Waals surface area contributed by atoms with Gasteiger partial charge in [-0.25, -0.2) is 4.79 Å². The topological polar surface area (TPSA) is 40.5 Å². The van der Waals surface area contributed by atoms with E-state index in [0.29, 0.717) is 5.56 Å². The summed E-state index contributed by atoms with van der Waals surface area (Å²) in [6.07, 6.45) is -3.96. The van der Waals surface area contributed by atoms with Crippen LogP contribution in [0.4, 0.5) is 13.2 Å². The fourth-order valence-corrected chi connectivity index (χ4v) is 1.64. The molecule has 6 heteroatoms. The van der Waals surface area contributed by atoms with E-state index in [1.807, 2.05) is 0 Å². The molecule has 1 aromatic rings. The second-order valence-corrected chi connectivity index (χ2v) is 4.07. The molecule has 0 aliphatic heterocycles. The van der Waals surface area contributed by atoms with E-state index in [0.717, 1.165) is 4.90 Å². The van der Waals surface area contributed by atoms with Crippen LogP contribution in [0.5, 0.6) is 0 Å². The molecule has 0 atom stereocenters. The summed E-state index contributed by atoms with van der Waals surface area (Å²) < 4.78 is 36.3. The molecule has 0 unspecified atom stereocenters. The number of carbonyl (C=O) groups is 1. The lowest BCUT2D eigenvalue weighted by molar-refractivity contribution is -0.142. The van der Waals surface area contributed by atoms with Crippen molar-refractivity contribution in [1.29, 1.82) is 0 Å². The van der Waals surface area contributed by atoms with Gasteiger partial charge in [0.2, 0.25) is 0 Å². The standard InChI is InChI=1S/C12H14F3NO2/c1-16(8-12(13,14)15)7-6-9-4-2-3-5-10(9)11(17)18/h2-5H,6-8H2,1H3,(H,17,18). The smallest absolute Gasteiger partial charge is 0.401 e. The molecule has 0 saturated heterocycles. The summed E-state index contributed by atoms with van der Waals surface area (Å²) in [6.45, 7) is -0.841. The summed E-state index contributed by atoms with van der Waals surface area (Å²) in [4.78, 5) is 12.0. The first-order valence-corrected chi connectivity index (χ1v) is 5.36. The Labute approximate surface area is 103 Å². The van der Waals surface area contributed by atoms with Gasteiger partial charge in [-0.05, 0) is 25.1 Å². The molecule has 0 aliphatic carbocycles. The van der Waals surface area contributed by atoms with Gasteiger partial charge in [0.25, 0.3) is 0 Å². The van der Waals surface area contributed by atoms with E-state index in [1.54, 1.807) is 18.2 Å². The minimum atomic E-state index is -4.24. The highest BCUT2D eigenvalue weighted by Crippen LogP contribution is 2.16. The molecular formula is C12H14F3NO2. The van der Waals surface area contributed by atoms with E-state index in [4.69, 9.17) is 5.11 Å². The van der Waals surface area contributed by atoms with E-state index in [1.165, 1.54) is 13.1 Å². The molecule has 0 aromatic heterocycles. The van der Waals surface area contributed by atoms with Gasteiger partial charge in [0.05, 0.1) is 12.1 Å². The monoisotopic (exact) mass is 261 g/mol. The van der Waals surface area contributed by atoms with Crippen LogP contribution in [-0.2, 0) is 6.42 Å². The Bertz CT molecular complexity index is 418. The second kappa shape index (κ2) is 5.86. The van der Waals surface area contributed by atoms with Crippen LogP contribution in [0.2, 0.25) is 0 Å². The van der Waals surface area contributed by atoms with E-state index < -0.39 is 18.7 Å². The van der Waals surface area contributed by atoms with E-state index >= 15 is 0 Å². The highest BCUT2D eigenvalue weighted by Gasteiger charge is 2.28. The Morgan fingerprint density at radius 3 is 2.50 bits per heavy atom. The summed E-state index contributed by atoms with van der Waals surface area (Å²) in [7, 11) is 1.36. The minimum Gasteiger partial charge on any atom is -0.478 e. The van der Waals surface area contributed by atoms with Gasteiger partial charge in [0.15, 0.2) is 0 Å². The van der Waals surface area contributed by atoms with Gasteiger partial charge in [-0.3, -0.25) is 4.90 Å². The van der Waals surface area contributed by atoms with Crippen molar-refractivity contribution in [3.63, 3.8) is 0 Å². The van der Waals surface area contributed by atoms with Crippen LogP contribution >= 0.6 is 0 Å². The largest absolute Gasteiger partial charge is 0.478 e. The maximum atomic E-state index is 12.1. The number of nitrogens with zero attached hydrogens (tertiary/aromatic N) is 1. The summed E-state index contributed by atoms with van der Waals surface area (Å²) >= 11 is 0. The Hall–Kier alpha value is -1.56. The molecule has 0 radical (unpaired) electrons. The van der Waals surface area contributed by atoms with Crippen molar-refractivity contribution in [2.75, 3.05) is 20.1 Å². The van der Waals surface area contributed by atoms with E-state index in [-0.39, 0.29) is 18.5 Å². The molecule has 0 fully saturated rings. The van der Waals surface area contributed by atoms with Gasteiger partial charge in [-0.1, -0.05) is 18.2 Å². The van der Waals surface area contributed by atoms with Crippen LogP contribution in [0.1, 0.15) is 15.9 Å². The Morgan fingerprint density at radius 2 is 1.94 bits per heavy atom. The lowest BCUT2D eigenvalue weighted by atomic mass is 10.0. The predicted octanol–water partition coefficient (Wildman–Crippen LogP) is 2.42. The third kappa shape index (κ3) is 4.75. The first kappa shape index (κ1) is 14.5. The number of carboxylic acid groups (broad SMARTS) is 1. The number of halogens is 3. The van der Waals surface area contributed by atoms with Crippen LogP contribution in [0.3, 0.4) is 0 Å². The molecule has 18 heavy (non-hydrogen) atoms. The molecule has 100 valence electrons. The summed E-state index contributed by atoms with van der Waals surface area (Å²) in [5.74, 6) is -1.07. The molecule has 1 rings (SSSR count). The summed E-state index contributed by atoms with van der Waals surface area (Å²) in [5.41, 5.74) is 0.678. The molecule has 0 amide bonds. The van der Waals surface area contributed by atoms with Crippen molar-refractivity contribution < 1.29 is 23.1 Å². The van der Waals surface area contributed by atoms with Crippen LogP contribution < -0.4 is 0 Å². The lowest BCUT2D eigenvalue weighted by Crippen LogP contribution is -2.32. The maximum Gasteiger partial charge on any atom is 0.401 e. The first-order chi connectivity index (χ1) is 8.29. The minimum absolute atomic E-state index is 0.137. The normalized spacial score (nSPS) is 11.8. The number of likely N-dealkylation sites (N-methyl/N-ethyl adjacent to an activating group) is 1. The number of hydrogen-bond donors (Lipinski definition) is 1. The zero-order valence-corrected chi connectivity index (χ0v) is 9.87. The fraction of sp³-hybridized carbons (Fsp3) is 0.417. The van der Waals surface area contributed by atoms with Crippen molar-refractivity contribution in [2.45, 2.75) is 12.6 Å². The van der Waals surface area contributed by atoms with Gasteiger partial charge in [-0.15, -0.1) is 0 Å². The lowest BCUT2D eigenvalue weighted by Gasteiger charge is -2.18. The predicted molar refractivity (Wildman–Crippen MR) is 60.7 cm³/mol. The van der Waals surface area contributed by atoms with Gasteiger partial charge in [0, 0.05) is 6.54 Å². The number of carboxylic acids is 1. The summed E-state index contributed by atoms with van der Waals surface area (Å²) in [5, 5.41) is 8.92. The highest BCUT2D eigenvalue weighted by molar-refractivity contribution is 5.89. The molecule has 0 spiro atoms. The van der Waals surface area contributed by atoms with Crippen molar-refractivity contribution in [3.8, 4) is 0 Å².